The molecule has 1 aliphatic rings. The largest absolute Gasteiger partial charge is 0.327 e. The summed E-state index contributed by atoms with van der Waals surface area (Å²) in [6.45, 7) is 2.06. The summed E-state index contributed by atoms with van der Waals surface area (Å²) in [6, 6.07) is 0.377. The van der Waals surface area contributed by atoms with Crippen LogP contribution in [0.2, 0.25) is 0 Å². The van der Waals surface area contributed by atoms with E-state index in [-0.39, 0.29) is 0 Å². The minimum Gasteiger partial charge on any atom is -0.327 e. The molecule has 60 valence electrons. The Balaban J connectivity index is 2.34. The van der Waals surface area contributed by atoms with Gasteiger partial charge in [0.1, 0.15) is 0 Å². The molecule has 0 bridgehead atoms. The summed E-state index contributed by atoms with van der Waals surface area (Å²) in [5, 5.41) is 1.18. The van der Waals surface area contributed by atoms with Crippen LogP contribution in [0.3, 0.4) is 0 Å². The smallest absolute Gasteiger partial charge is 0.0900 e. The molecule has 2 rings (SSSR count). The molecule has 0 fully saturated rings. The zero-order chi connectivity index (χ0) is 7.84. The molecule has 2 nitrogen and oxygen atoms in total. The van der Waals surface area contributed by atoms with Gasteiger partial charge in [0.05, 0.1) is 10.7 Å². The van der Waals surface area contributed by atoms with E-state index in [0.717, 1.165) is 19.3 Å². The van der Waals surface area contributed by atoms with Crippen LogP contribution in [0, 0.1) is 6.92 Å². The van der Waals surface area contributed by atoms with Crippen molar-refractivity contribution < 1.29 is 0 Å². The first kappa shape index (κ1) is 7.25. The van der Waals surface area contributed by atoms with Crippen LogP contribution in [0.25, 0.3) is 0 Å². The quantitative estimate of drug-likeness (QED) is 0.633. The minimum atomic E-state index is 0.377. The molecule has 1 heterocycles. The SMILES string of the molecule is Cc1nc2c(s1)C[C@H](N)CC2. The van der Waals surface area contributed by atoms with Crippen LogP contribution in [0.15, 0.2) is 0 Å². The third-order valence-corrected chi connectivity index (χ3v) is 3.12. The number of hydrogen-bond acceptors (Lipinski definition) is 3. The van der Waals surface area contributed by atoms with E-state index in [1.54, 1.807) is 11.3 Å². The Morgan fingerprint density at radius 3 is 3.27 bits per heavy atom. The average Bonchev–Trinajstić information content (AvgIpc) is 2.27. The van der Waals surface area contributed by atoms with Crippen LogP contribution in [0.4, 0.5) is 0 Å². The fourth-order valence-electron chi connectivity index (χ4n) is 1.53. The van der Waals surface area contributed by atoms with Crippen molar-refractivity contribution in [3.05, 3.63) is 15.6 Å². The van der Waals surface area contributed by atoms with Crippen molar-refractivity contribution in [2.75, 3.05) is 0 Å². The van der Waals surface area contributed by atoms with Gasteiger partial charge in [0.15, 0.2) is 0 Å². The van der Waals surface area contributed by atoms with Crippen molar-refractivity contribution in [3.8, 4) is 0 Å². The number of aromatic nitrogens is 1. The average molecular weight is 168 g/mol. The first-order valence-corrected chi connectivity index (χ1v) is 4.78. The van der Waals surface area contributed by atoms with Gasteiger partial charge in [-0.15, -0.1) is 11.3 Å². The zero-order valence-corrected chi connectivity index (χ0v) is 7.45. The molecule has 0 saturated heterocycles. The minimum absolute atomic E-state index is 0.377. The topological polar surface area (TPSA) is 38.9 Å². The van der Waals surface area contributed by atoms with E-state index in [2.05, 4.69) is 11.9 Å². The van der Waals surface area contributed by atoms with E-state index in [0.29, 0.717) is 6.04 Å². The summed E-state index contributed by atoms with van der Waals surface area (Å²) < 4.78 is 0. The first-order valence-electron chi connectivity index (χ1n) is 3.96. The standard InChI is InChI=1S/C8H12N2S/c1-5-10-7-3-2-6(9)4-8(7)11-5/h6H,2-4,9H2,1H3/t6-/m1/s1. The molecule has 3 heteroatoms. The first-order chi connectivity index (χ1) is 5.25. The van der Waals surface area contributed by atoms with Crippen molar-refractivity contribution in [2.24, 2.45) is 5.73 Å². The molecule has 11 heavy (non-hydrogen) atoms. The van der Waals surface area contributed by atoms with E-state index < -0.39 is 0 Å². The van der Waals surface area contributed by atoms with Crippen LogP contribution in [-0.2, 0) is 12.8 Å². The van der Waals surface area contributed by atoms with Crippen LogP contribution in [0.5, 0.6) is 0 Å². The molecule has 1 atom stereocenters. The number of nitrogens with zero attached hydrogens (tertiary/aromatic N) is 1. The Bertz CT molecular complexity index is 267. The highest BCUT2D eigenvalue weighted by Crippen LogP contribution is 2.25. The molecule has 1 aromatic rings. The van der Waals surface area contributed by atoms with Gasteiger partial charge < -0.3 is 5.73 Å². The van der Waals surface area contributed by atoms with Crippen molar-refractivity contribution in [1.29, 1.82) is 0 Å². The second-order valence-corrected chi connectivity index (χ2v) is 4.39. The highest BCUT2D eigenvalue weighted by Gasteiger charge is 2.18. The zero-order valence-electron chi connectivity index (χ0n) is 6.63. The van der Waals surface area contributed by atoms with Gasteiger partial charge in [-0.05, 0) is 26.2 Å². The third-order valence-electron chi connectivity index (χ3n) is 2.08. The lowest BCUT2D eigenvalue weighted by molar-refractivity contribution is 0.576. The molecule has 0 saturated carbocycles. The lowest BCUT2D eigenvalue weighted by Gasteiger charge is -2.15. The highest BCUT2D eigenvalue weighted by molar-refractivity contribution is 7.11. The van der Waals surface area contributed by atoms with Crippen molar-refractivity contribution in [3.63, 3.8) is 0 Å². The van der Waals surface area contributed by atoms with Gasteiger partial charge in [-0.25, -0.2) is 4.98 Å². The summed E-state index contributed by atoms with van der Waals surface area (Å²) >= 11 is 1.80. The second kappa shape index (κ2) is 2.57. The monoisotopic (exact) mass is 168 g/mol. The Morgan fingerprint density at radius 2 is 2.45 bits per heavy atom. The maximum absolute atomic E-state index is 5.84. The number of aryl methyl sites for hydroxylation is 2. The number of hydrogen-bond donors (Lipinski definition) is 1. The van der Waals surface area contributed by atoms with Crippen molar-refractivity contribution >= 4 is 11.3 Å². The molecule has 1 aliphatic carbocycles. The Labute approximate surface area is 70.5 Å². The lowest BCUT2D eigenvalue weighted by atomic mass is 9.99. The van der Waals surface area contributed by atoms with Crippen molar-refractivity contribution in [1.82, 2.24) is 4.98 Å². The van der Waals surface area contributed by atoms with Gasteiger partial charge in [0, 0.05) is 10.9 Å². The Morgan fingerprint density at radius 1 is 1.64 bits per heavy atom. The summed E-state index contributed by atoms with van der Waals surface area (Å²) in [7, 11) is 0. The van der Waals surface area contributed by atoms with Gasteiger partial charge in [-0.1, -0.05) is 0 Å². The van der Waals surface area contributed by atoms with E-state index >= 15 is 0 Å². The molecule has 0 spiro atoms. The third kappa shape index (κ3) is 1.30. The maximum Gasteiger partial charge on any atom is 0.0900 e. The molecule has 1 aromatic heterocycles. The molecule has 0 aliphatic heterocycles. The summed E-state index contributed by atoms with van der Waals surface area (Å²) in [4.78, 5) is 5.87. The normalized spacial score (nSPS) is 23.3. The fraction of sp³-hybridized carbons (Fsp3) is 0.625. The summed E-state index contributed by atoms with van der Waals surface area (Å²) in [5.74, 6) is 0. The molecular weight excluding hydrogens is 156 g/mol. The predicted molar refractivity (Wildman–Crippen MR) is 46.9 cm³/mol. The summed E-state index contributed by atoms with van der Waals surface area (Å²) in [6.07, 6.45) is 3.23. The molecule has 0 amide bonds. The van der Waals surface area contributed by atoms with Crippen LogP contribution >= 0.6 is 11.3 Å². The van der Waals surface area contributed by atoms with E-state index in [1.807, 2.05) is 0 Å². The van der Waals surface area contributed by atoms with Gasteiger partial charge in [-0.3, -0.25) is 0 Å². The van der Waals surface area contributed by atoms with Crippen molar-refractivity contribution in [2.45, 2.75) is 32.2 Å². The molecule has 0 aromatic carbocycles. The lowest BCUT2D eigenvalue weighted by Crippen LogP contribution is -2.26. The van der Waals surface area contributed by atoms with Crippen LogP contribution in [-0.4, -0.2) is 11.0 Å². The number of fused-ring (bicyclic) bond motifs is 1. The van der Waals surface area contributed by atoms with E-state index in [9.17, 15) is 0 Å². The number of nitrogens with two attached hydrogens (primary N) is 1. The number of thiazole rings is 1. The Kier molecular flexibility index (Phi) is 1.69. The van der Waals surface area contributed by atoms with Crippen LogP contribution < -0.4 is 5.73 Å². The van der Waals surface area contributed by atoms with Crippen LogP contribution in [0.1, 0.15) is 22.0 Å². The van der Waals surface area contributed by atoms with Gasteiger partial charge >= 0.3 is 0 Å². The molecule has 0 radical (unpaired) electrons. The van der Waals surface area contributed by atoms with E-state index in [4.69, 9.17) is 5.73 Å². The molecular formula is C8H12N2S. The highest BCUT2D eigenvalue weighted by atomic mass is 32.1. The molecule has 2 N–H and O–H groups in total. The number of rotatable bonds is 0. The summed E-state index contributed by atoms with van der Waals surface area (Å²) in [5.41, 5.74) is 7.14. The maximum atomic E-state index is 5.84. The molecule has 0 unspecified atom stereocenters. The van der Waals surface area contributed by atoms with Gasteiger partial charge in [-0.2, -0.15) is 0 Å². The predicted octanol–water partition coefficient (Wildman–Crippen LogP) is 1.27. The fourth-order valence-corrected chi connectivity index (χ4v) is 2.60. The van der Waals surface area contributed by atoms with E-state index in [1.165, 1.54) is 15.6 Å². The Hall–Kier alpha value is -0.410. The van der Waals surface area contributed by atoms with Gasteiger partial charge in [0.2, 0.25) is 0 Å². The van der Waals surface area contributed by atoms with Gasteiger partial charge in [0.25, 0.3) is 0 Å². The second-order valence-electron chi connectivity index (χ2n) is 3.11.